The molecule has 0 aromatic carbocycles. The minimum absolute atomic E-state index is 0. The summed E-state index contributed by atoms with van der Waals surface area (Å²) in [5, 5.41) is 14.8. The minimum Gasteiger partial charge on any atom is 0 e. The van der Waals surface area contributed by atoms with Crippen molar-refractivity contribution >= 4 is 30.8 Å². The van der Waals surface area contributed by atoms with Crippen molar-refractivity contribution in [3.63, 3.8) is 0 Å². The number of carboxylic acids is 2. The van der Waals surface area contributed by atoms with Crippen molar-refractivity contribution in [2.45, 2.75) is 0 Å². The molecule has 0 aliphatic rings. The molecule has 0 unspecified atom stereocenters. The summed E-state index contributed by atoms with van der Waals surface area (Å²) in [7, 11) is 0. The quantitative estimate of drug-likeness (QED) is 0.322. The molecule has 0 saturated heterocycles. The van der Waals surface area contributed by atoms with Crippen molar-refractivity contribution in [1.29, 1.82) is 0 Å². The van der Waals surface area contributed by atoms with Crippen molar-refractivity contribution in [3.8, 4) is 0 Å². The van der Waals surface area contributed by atoms with Gasteiger partial charge in [-0.05, 0) is 0 Å². The zero-order valence-electron chi connectivity index (χ0n) is 3.21. The van der Waals surface area contributed by atoms with E-state index in [1.54, 1.807) is 0 Å². The Morgan fingerprint density at radius 3 is 1.12 bits per heavy atom. The molecule has 2 N–H and O–H groups in total. The molecule has 4 nitrogen and oxygen atoms in total. The number of rotatable bonds is 0. The summed E-state index contributed by atoms with van der Waals surface area (Å²) in [4.78, 5) is 18.2. The van der Waals surface area contributed by atoms with Gasteiger partial charge in [-0.1, -0.05) is 0 Å². The fourth-order valence-corrected chi connectivity index (χ4v) is 0. The van der Waals surface area contributed by atoms with E-state index < -0.39 is 11.9 Å². The number of hydrogen-bond acceptors (Lipinski definition) is 2. The normalized spacial score (nSPS) is 5.50. The zero-order chi connectivity index (χ0) is 5.15. The van der Waals surface area contributed by atoms with E-state index in [0.29, 0.717) is 0 Å². The van der Waals surface area contributed by atoms with Crippen LogP contribution in [0.15, 0.2) is 0 Å². The summed E-state index contributed by atoms with van der Waals surface area (Å²) in [6, 6.07) is 0. The molecule has 8 heavy (non-hydrogen) atoms. The fourth-order valence-electron chi connectivity index (χ4n) is 0. The molecule has 0 bridgehead atoms. The van der Waals surface area contributed by atoms with Crippen LogP contribution < -0.4 is 0 Å². The molecule has 0 amide bonds. The Morgan fingerprint density at radius 2 is 1.12 bits per heavy atom. The summed E-state index contributed by atoms with van der Waals surface area (Å²) in [6.45, 7) is 0. The van der Waals surface area contributed by atoms with Crippen LogP contribution in [0.3, 0.4) is 0 Å². The summed E-state index contributed by atoms with van der Waals surface area (Å²) < 4.78 is 0. The SMILES string of the molecule is O=C(O)C(=O)O.[LiH].[Ti]. The third-order valence-electron chi connectivity index (χ3n) is 0.183. The fraction of sp³-hybridized carbons (Fsp3) is 0. The summed E-state index contributed by atoms with van der Waals surface area (Å²) in [5.74, 6) is -3.65. The molecule has 0 aromatic heterocycles. The van der Waals surface area contributed by atoms with Crippen molar-refractivity contribution in [3.05, 3.63) is 0 Å². The zero-order valence-corrected chi connectivity index (χ0v) is 4.77. The number of carboxylic acid groups (broad SMARTS) is 2. The standard InChI is InChI=1S/C2H2O4.Li.Ti.H/c3-1(4)2(5)6;;;/h(H,3,4)(H,5,6);;;. The molecule has 0 radical (unpaired) electrons. The molecule has 0 aromatic rings. The van der Waals surface area contributed by atoms with Crippen LogP contribution in [0.1, 0.15) is 0 Å². The Morgan fingerprint density at radius 1 is 1.00 bits per heavy atom. The van der Waals surface area contributed by atoms with E-state index in [2.05, 4.69) is 0 Å². The second kappa shape index (κ2) is 7.25. The second-order valence-electron chi connectivity index (χ2n) is 0.610. The Balaban J connectivity index is -0.000000125. The first kappa shape index (κ1) is 15.7. The maximum absolute atomic E-state index is 9.10. The minimum atomic E-state index is -1.82. The van der Waals surface area contributed by atoms with Crippen LogP contribution in [0.2, 0.25) is 0 Å². The van der Waals surface area contributed by atoms with Gasteiger partial charge in [-0.15, -0.1) is 0 Å². The maximum atomic E-state index is 9.10. The molecule has 0 aliphatic heterocycles. The van der Waals surface area contributed by atoms with Gasteiger partial charge in [0, 0.05) is 21.7 Å². The van der Waals surface area contributed by atoms with Gasteiger partial charge in [0.25, 0.3) is 0 Å². The van der Waals surface area contributed by atoms with Gasteiger partial charge >= 0.3 is 30.8 Å². The summed E-state index contributed by atoms with van der Waals surface area (Å²) in [5.41, 5.74) is 0. The van der Waals surface area contributed by atoms with E-state index >= 15 is 0 Å². The van der Waals surface area contributed by atoms with E-state index in [9.17, 15) is 0 Å². The van der Waals surface area contributed by atoms with E-state index in [0.717, 1.165) is 0 Å². The molecule has 0 aliphatic carbocycles. The Hall–Kier alpha value is 0.252. The van der Waals surface area contributed by atoms with Gasteiger partial charge in [0.2, 0.25) is 0 Å². The van der Waals surface area contributed by atoms with E-state index in [1.807, 2.05) is 0 Å². The van der Waals surface area contributed by atoms with E-state index in [4.69, 9.17) is 19.8 Å². The van der Waals surface area contributed by atoms with Crippen LogP contribution >= 0.6 is 0 Å². The van der Waals surface area contributed by atoms with Crippen LogP contribution in [0.25, 0.3) is 0 Å². The van der Waals surface area contributed by atoms with Gasteiger partial charge in [-0.25, -0.2) is 9.59 Å². The first-order valence-corrected chi connectivity index (χ1v) is 1.11. The monoisotopic (exact) mass is 146 g/mol. The van der Waals surface area contributed by atoms with Crippen molar-refractivity contribution in [2.24, 2.45) is 0 Å². The summed E-state index contributed by atoms with van der Waals surface area (Å²) >= 11 is 0. The first-order chi connectivity index (χ1) is 2.64. The molecular weight excluding hydrogens is 143 g/mol. The van der Waals surface area contributed by atoms with E-state index in [-0.39, 0.29) is 40.6 Å². The molecule has 0 rings (SSSR count). The predicted octanol–water partition coefficient (Wildman–Crippen LogP) is -1.50. The van der Waals surface area contributed by atoms with Gasteiger partial charge in [0.05, 0.1) is 0 Å². The predicted molar refractivity (Wildman–Crippen MR) is 22.4 cm³/mol. The average Bonchev–Trinajstić information content (AvgIpc) is 1.36. The largest absolute Gasteiger partial charge is 0 e. The van der Waals surface area contributed by atoms with Crippen LogP contribution in [0, 0.1) is 0 Å². The number of aliphatic carboxylic acids is 2. The topological polar surface area (TPSA) is 74.6 Å². The Kier molecular flexibility index (Phi) is 14.3. The summed E-state index contributed by atoms with van der Waals surface area (Å²) in [6.07, 6.45) is 0. The first-order valence-electron chi connectivity index (χ1n) is 1.11. The number of hydrogen-bond donors (Lipinski definition) is 2. The van der Waals surface area contributed by atoms with Gasteiger partial charge in [0.15, 0.2) is 0 Å². The van der Waals surface area contributed by atoms with Crippen LogP contribution in [-0.4, -0.2) is 41.0 Å². The molecule has 0 saturated carbocycles. The number of carbonyl (C=O) groups is 2. The van der Waals surface area contributed by atoms with Crippen LogP contribution in [-0.2, 0) is 31.3 Å². The smallest absolute Gasteiger partial charge is 0 e. The van der Waals surface area contributed by atoms with Crippen molar-refractivity contribution in [2.75, 3.05) is 0 Å². The van der Waals surface area contributed by atoms with Crippen LogP contribution in [0.4, 0.5) is 0 Å². The Bertz CT molecular complexity index is 80.0. The molecule has 0 atom stereocenters. The van der Waals surface area contributed by atoms with Gasteiger partial charge in [-0.2, -0.15) is 0 Å². The molecule has 0 fully saturated rings. The molecule has 6 heteroatoms. The Labute approximate surface area is 72.3 Å². The second-order valence-corrected chi connectivity index (χ2v) is 0.610. The van der Waals surface area contributed by atoms with Gasteiger partial charge in [-0.3, -0.25) is 0 Å². The average molecular weight is 146 g/mol. The molecule has 0 spiro atoms. The third kappa shape index (κ3) is 9.54. The molecular formula is C2H3LiO4Ti. The third-order valence-corrected chi connectivity index (χ3v) is 0.183. The van der Waals surface area contributed by atoms with E-state index in [1.165, 1.54) is 0 Å². The van der Waals surface area contributed by atoms with Gasteiger partial charge < -0.3 is 10.2 Å². The van der Waals surface area contributed by atoms with Crippen molar-refractivity contribution in [1.82, 2.24) is 0 Å². The molecule has 40 valence electrons. The van der Waals surface area contributed by atoms with Crippen molar-refractivity contribution < 1.29 is 41.5 Å². The van der Waals surface area contributed by atoms with Crippen LogP contribution in [0.5, 0.6) is 0 Å². The maximum Gasteiger partial charge on any atom is 0 e. The molecule has 0 heterocycles. The van der Waals surface area contributed by atoms with Gasteiger partial charge in [0.1, 0.15) is 0 Å².